The number of amides is 1. The Kier molecular flexibility index (Phi) is 5.75. The number of aryl methyl sites for hydroxylation is 1. The molecule has 0 spiro atoms. The Bertz CT molecular complexity index is 1390. The quantitative estimate of drug-likeness (QED) is 0.413. The van der Waals surface area contributed by atoms with Gasteiger partial charge in [0.25, 0.3) is 0 Å². The number of pyridine rings is 2. The molecule has 1 N–H and O–H groups in total. The monoisotopic (exact) mass is 476 g/mol. The molecule has 4 aromatic rings. The minimum atomic E-state index is -0.430. The summed E-state index contributed by atoms with van der Waals surface area (Å²) in [6.45, 7) is 1.92. The SMILES string of the molecule is C[C@H]1Cc2cc(-c3ccnc(Nc4ccnn4C)c3)cc(F)c2N1C(=O)Cc1cccnc1Cl. The number of halogens is 2. The van der Waals surface area contributed by atoms with E-state index in [9.17, 15) is 4.79 Å². The van der Waals surface area contributed by atoms with Gasteiger partial charge in [-0.15, -0.1) is 0 Å². The number of rotatable bonds is 5. The molecule has 34 heavy (non-hydrogen) atoms. The van der Waals surface area contributed by atoms with Gasteiger partial charge in [-0.05, 0) is 65.9 Å². The highest BCUT2D eigenvalue weighted by molar-refractivity contribution is 6.30. The van der Waals surface area contributed by atoms with Crippen molar-refractivity contribution in [1.29, 1.82) is 0 Å². The number of nitrogens with one attached hydrogen (secondary N) is 1. The van der Waals surface area contributed by atoms with Gasteiger partial charge in [0.1, 0.15) is 22.6 Å². The normalized spacial score (nSPS) is 14.8. The molecule has 1 atom stereocenters. The van der Waals surface area contributed by atoms with Crippen LogP contribution in [0.3, 0.4) is 0 Å². The minimum Gasteiger partial charge on any atom is -0.325 e. The molecule has 3 aromatic heterocycles. The van der Waals surface area contributed by atoms with Crippen LogP contribution < -0.4 is 10.2 Å². The molecule has 172 valence electrons. The van der Waals surface area contributed by atoms with Gasteiger partial charge in [-0.1, -0.05) is 17.7 Å². The highest BCUT2D eigenvalue weighted by Gasteiger charge is 2.34. The van der Waals surface area contributed by atoms with E-state index >= 15 is 4.39 Å². The number of nitrogens with zero attached hydrogens (tertiary/aromatic N) is 5. The number of carbonyl (C=O) groups excluding carboxylic acids is 1. The highest BCUT2D eigenvalue weighted by Crippen LogP contribution is 2.39. The molecule has 9 heteroatoms. The van der Waals surface area contributed by atoms with E-state index in [0.29, 0.717) is 23.5 Å². The minimum absolute atomic E-state index is 0.0606. The number of benzene rings is 1. The fourth-order valence-corrected chi connectivity index (χ4v) is 4.54. The van der Waals surface area contributed by atoms with Gasteiger partial charge in [0.15, 0.2) is 0 Å². The lowest BCUT2D eigenvalue weighted by Crippen LogP contribution is -2.37. The van der Waals surface area contributed by atoms with E-state index in [2.05, 4.69) is 20.4 Å². The maximum absolute atomic E-state index is 15.4. The van der Waals surface area contributed by atoms with Crippen LogP contribution in [0.15, 0.2) is 61.1 Å². The number of anilines is 3. The van der Waals surface area contributed by atoms with E-state index in [0.717, 1.165) is 22.5 Å². The van der Waals surface area contributed by atoms with Gasteiger partial charge in [0.2, 0.25) is 5.91 Å². The third kappa shape index (κ3) is 4.12. The largest absolute Gasteiger partial charge is 0.325 e. The zero-order valence-corrected chi connectivity index (χ0v) is 19.4. The molecule has 0 bridgehead atoms. The third-order valence-corrected chi connectivity index (χ3v) is 6.30. The van der Waals surface area contributed by atoms with Crippen molar-refractivity contribution in [3.05, 3.63) is 83.2 Å². The van der Waals surface area contributed by atoms with Gasteiger partial charge < -0.3 is 10.2 Å². The molecule has 0 saturated heterocycles. The van der Waals surface area contributed by atoms with Crippen molar-refractivity contribution >= 4 is 34.8 Å². The smallest absolute Gasteiger partial charge is 0.231 e. The summed E-state index contributed by atoms with van der Waals surface area (Å²) in [6.07, 6.45) is 5.57. The van der Waals surface area contributed by atoms with Crippen LogP contribution in [0.1, 0.15) is 18.1 Å². The number of carbonyl (C=O) groups is 1. The van der Waals surface area contributed by atoms with E-state index in [1.807, 2.05) is 38.2 Å². The summed E-state index contributed by atoms with van der Waals surface area (Å²) >= 11 is 6.13. The number of hydrogen-bond donors (Lipinski definition) is 1. The standard InChI is InChI=1S/C25H22ClFN6O/c1-15-10-19-11-18(16-5-8-28-21(13-16)31-22-6-9-30-32(22)2)12-20(27)24(19)33(15)23(34)14-17-4-3-7-29-25(17)26/h3-9,11-13,15H,10,14H2,1-2H3,(H,28,31)/t15-/m0/s1. The lowest BCUT2D eigenvalue weighted by molar-refractivity contribution is -0.118. The van der Waals surface area contributed by atoms with Crippen LogP contribution in [-0.4, -0.2) is 31.7 Å². The first-order valence-corrected chi connectivity index (χ1v) is 11.2. The molecule has 1 aromatic carbocycles. The molecule has 4 heterocycles. The number of hydrogen-bond acceptors (Lipinski definition) is 5. The average Bonchev–Trinajstić information content (AvgIpc) is 3.37. The molecule has 1 aliphatic heterocycles. The Hall–Kier alpha value is -3.78. The Morgan fingerprint density at radius 2 is 2.00 bits per heavy atom. The fraction of sp³-hybridized carbons (Fsp3) is 0.200. The third-order valence-electron chi connectivity index (χ3n) is 5.96. The summed E-state index contributed by atoms with van der Waals surface area (Å²) in [7, 11) is 1.83. The maximum Gasteiger partial charge on any atom is 0.231 e. The average molecular weight is 477 g/mol. The Morgan fingerprint density at radius 3 is 2.76 bits per heavy atom. The second-order valence-corrected chi connectivity index (χ2v) is 8.67. The molecule has 0 saturated carbocycles. The second kappa shape index (κ2) is 8.87. The van der Waals surface area contributed by atoms with Crippen LogP contribution in [-0.2, 0) is 24.7 Å². The van der Waals surface area contributed by atoms with Gasteiger partial charge in [0, 0.05) is 31.5 Å². The van der Waals surface area contributed by atoms with E-state index < -0.39 is 5.82 Å². The molecule has 1 aliphatic rings. The van der Waals surface area contributed by atoms with Crippen molar-refractivity contribution in [2.45, 2.75) is 25.8 Å². The fourth-order valence-electron chi connectivity index (χ4n) is 4.35. The highest BCUT2D eigenvalue weighted by atomic mass is 35.5. The molecule has 1 amide bonds. The van der Waals surface area contributed by atoms with Gasteiger partial charge in [-0.2, -0.15) is 5.10 Å². The molecule has 7 nitrogen and oxygen atoms in total. The lowest BCUT2D eigenvalue weighted by atomic mass is 10.0. The van der Waals surface area contributed by atoms with Gasteiger partial charge in [-0.3, -0.25) is 9.48 Å². The second-order valence-electron chi connectivity index (χ2n) is 8.31. The summed E-state index contributed by atoms with van der Waals surface area (Å²) in [5, 5.41) is 7.63. The van der Waals surface area contributed by atoms with Crippen LogP contribution in [0.5, 0.6) is 0 Å². The van der Waals surface area contributed by atoms with Crippen LogP contribution in [0, 0.1) is 5.82 Å². The molecule has 0 aliphatic carbocycles. The van der Waals surface area contributed by atoms with Crippen LogP contribution in [0.2, 0.25) is 5.15 Å². The zero-order valence-electron chi connectivity index (χ0n) is 18.7. The van der Waals surface area contributed by atoms with Crippen molar-refractivity contribution in [2.24, 2.45) is 7.05 Å². The topological polar surface area (TPSA) is 75.9 Å². The van der Waals surface area contributed by atoms with Gasteiger partial charge in [0.05, 0.1) is 18.3 Å². The van der Waals surface area contributed by atoms with Crippen molar-refractivity contribution in [1.82, 2.24) is 19.7 Å². The maximum atomic E-state index is 15.4. The van der Waals surface area contributed by atoms with Gasteiger partial charge >= 0.3 is 0 Å². The van der Waals surface area contributed by atoms with Crippen LogP contribution in [0.25, 0.3) is 11.1 Å². The van der Waals surface area contributed by atoms with E-state index in [1.54, 1.807) is 40.3 Å². The van der Waals surface area contributed by atoms with E-state index in [-0.39, 0.29) is 23.5 Å². The van der Waals surface area contributed by atoms with E-state index in [1.165, 1.54) is 6.07 Å². The van der Waals surface area contributed by atoms with Crippen LogP contribution >= 0.6 is 11.6 Å². The number of aromatic nitrogens is 4. The number of fused-ring (bicyclic) bond motifs is 1. The lowest BCUT2D eigenvalue weighted by Gasteiger charge is -2.23. The molecule has 0 radical (unpaired) electrons. The first kappa shape index (κ1) is 22.0. The summed E-state index contributed by atoms with van der Waals surface area (Å²) in [4.78, 5) is 23.0. The molecule has 5 rings (SSSR count). The van der Waals surface area contributed by atoms with Crippen molar-refractivity contribution < 1.29 is 9.18 Å². The predicted molar refractivity (Wildman–Crippen MR) is 130 cm³/mol. The van der Waals surface area contributed by atoms with Crippen molar-refractivity contribution in [3.63, 3.8) is 0 Å². The van der Waals surface area contributed by atoms with Crippen molar-refractivity contribution in [2.75, 3.05) is 10.2 Å². The zero-order chi connectivity index (χ0) is 23.8. The summed E-state index contributed by atoms with van der Waals surface area (Å²) in [5.74, 6) is 0.779. The molecule has 0 unspecified atom stereocenters. The van der Waals surface area contributed by atoms with Crippen molar-refractivity contribution in [3.8, 4) is 11.1 Å². The predicted octanol–water partition coefficient (Wildman–Crippen LogP) is 4.93. The van der Waals surface area contributed by atoms with E-state index in [4.69, 9.17) is 11.6 Å². The summed E-state index contributed by atoms with van der Waals surface area (Å²) < 4.78 is 17.1. The van der Waals surface area contributed by atoms with Crippen LogP contribution in [0.4, 0.5) is 21.7 Å². The Morgan fingerprint density at radius 1 is 1.15 bits per heavy atom. The summed E-state index contributed by atoms with van der Waals surface area (Å²) in [6, 6.07) is 12.3. The first-order valence-electron chi connectivity index (χ1n) is 10.9. The Labute approximate surface area is 201 Å². The summed E-state index contributed by atoms with van der Waals surface area (Å²) in [5.41, 5.74) is 3.30. The molecular weight excluding hydrogens is 455 g/mol. The Balaban J connectivity index is 1.44. The van der Waals surface area contributed by atoms with Gasteiger partial charge in [-0.25, -0.2) is 14.4 Å². The molecular formula is C25H22ClFN6O. The first-order chi connectivity index (χ1) is 16.4. The molecule has 0 fully saturated rings.